The maximum Gasteiger partial charge on any atom is 0.258 e. The van der Waals surface area contributed by atoms with Gasteiger partial charge in [0.05, 0.1) is 12.2 Å². The largest absolute Gasteiger partial charge is 0.494 e. The van der Waals surface area contributed by atoms with Crippen LogP contribution in [0.1, 0.15) is 51.4 Å². The zero-order valence-electron chi connectivity index (χ0n) is 17.7. The van der Waals surface area contributed by atoms with Gasteiger partial charge in [-0.05, 0) is 74.1 Å². The van der Waals surface area contributed by atoms with Crippen LogP contribution in [0.25, 0.3) is 0 Å². The van der Waals surface area contributed by atoms with Gasteiger partial charge in [-0.3, -0.25) is 9.59 Å². The first kappa shape index (κ1) is 21.1. The molecule has 1 aliphatic rings. The lowest BCUT2D eigenvalue weighted by atomic mass is 9.88. The van der Waals surface area contributed by atoms with Crippen molar-refractivity contribution in [2.75, 3.05) is 17.2 Å². The monoisotopic (exact) mass is 434 g/mol. The molecule has 0 saturated heterocycles. The minimum Gasteiger partial charge on any atom is -0.494 e. The molecule has 1 unspecified atom stereocenters. The predicted octanol–water partition coefficient (Wildman–Crippen LogP) is 5.78. The Hall–Kier alpha value is -3.12. The van der Waals surface area contributed by atoms with Crippen molar-refractivity contribution in [3.63, 3.8) is 0 Å². The molecule has 2 amide bonds. The van der Waals surface area contributed by atoms with E-state index in [2.05, 4.69) is 17.6 Å². The van der Waals surface area contributed by atoms with Crippen LogP contribution in [0.3, 0.4) is 0 Å². The van der Waals surface area contributed by atoms with Gasteiger partial charge in [0.1, 0.15) is 10.8 Å². The van der Waals surface area contributed by atoms with E-state index in [4.69, 9.17) is 4.74 Å². The molecule has 3 aromatic rings. The van der Waals surface area contributed by atoms with Gasteiger partial charge >= 0.3 is 0 Å². The predicted molar refractivity (Wildman–Crippen MR) is 125 cm³/mol. The second-order valence-electron chi connectivity index (χ2n) is 7.79. The van der Waals surface area contributed by atoms with Gasteiger partial charge in [0, 0.05) is 16.1 Å². The first-order valence-corrected chi connectivity index (χ1v) is 11.4. The smallest absolute Gasteiger partial charge is 0.258 e. The fourth-order valence-corrected chi connectivity index (χ4v) is 5.24. The summed E-state index contributed by atoms with van der Waals surface area (Å²) in [5, 5.41) is 6.60. The topological polar surface area (TPSA) is 67.4 Å². The number of carbonyl (C=O) groups excluding carboxylic acids is 2. The summed E-state index contributed by atoms with van der Waals surface area (Å²) in [6, 6.07) is 16.4. The Bertz CT molecular complexity index is 1070. The molecule has 1 heterocycles. The van der Waals surface area contributed by atoms with Crippen LogP contribution in [-0.2, 0) is 12.8 Å². The average Bonchev–Trinajstić information content (AvgIpc) is 3.12. The van der Waals surface area contributed by atoms with Crippen LogP contribution >= 0.6 is 11.3 Å². The molecular weight excluding hydrogens is 408 g/mol. The molecule has 2 N–H and O–H groups in total. The molecule has 1 aliphatic carbocycles. The van der Waals surface area contributed by atoms with Crippen LogP contribution in [0.4, 0.5) is 10.7 Å². The summed E-state index contributed by atoms with van der Waals surface area (Å²) in [5.41, 5.74) is 2.91. The third-order valence-corrected chi connectivity index (χ3v) is 6.59. The van der Waals surface area contributed by atoms with E-state index >= 15 is 0 Å². The Morgan fingerprint density at radius 3 is 2.48 bits per heavy atom. The van der Waals surface area contributed by atoms with Crippen molar-refractivity contribution >= 4 is 33.8 Å². The maximum atomic E-state index is 13.3. The third kappa shape index (κ3) is 4.80. The molecule has 5 nitrogen and oxygen atoms in total. The van der Waals surface area contributed by atoms with Crippen molar-refractivity contribution in [1.82, 2.24) is 0 Å². The number of thiophene rings is 1. The van der Waals surface area contributed by atoms with E-state index in [0.29, 0.717) is 34.3 Å². The average molecular weight is 435 g/mol. The molecule has 4 rings (SSSR count). The van der Waals surface area contributed by atoms with Crippen LogP contribution in [0.15, 0.2) is 54.6 Å². The van der Waals surface area contributed by atoms with Crippen molar-refractivity contribution in [2.24, 2.45) is 5.92 Å². The summed E-state index contributed by atoms with van der Waals surface area (Å²) >= 11 is 1.52. The van der Waals surface area contributed by atoms with Crippen LogP contribution in [0.5, 0.6) is 5.75 Å². The summed E-state index contributed by atoms with van der Waals surface area (Å²) < 4.78 is 5.47. The first-order valence-electron chi connectivity index (χ1n) is 10.6. The van der Waals surface area contributed by atoms with Crippen molar-refractivity contribution in [3.05, 3.63) is 76.2 Å². The van der Waals surface area contributed by atoms with E-state index in [-0.39, 0.29) is 11.8 Å². The number of amides is 2. The molecule has 1 atom stereocenters. The van der Waals surface area contributed by atoms with E-state index in [0.717, 1.165) is 30.6 Å². The normalized spacial score (nSPS) is 15.1. The van der Waals surface area contributed by atoms with Crippen LogP contribution in [0, 0.1) is 5.92 Å². The van der Waals surface area contributed by atoms with Gasteiger partial charge in [-0.1, -0.05) is 25.1 Å². The van der Waals surface area contributed by atoms with Gasteiger partial charge in [0.2, 0.25) is 0 Å². The highest BCUT2D eigenvalue weighted by Crippen LogP contribution is 2.40. The number of benzene rings is 2. The SMILES string of the molecule is CCOc1ccc(NC(=O)c2c(NC(=O)c3ccccc3)sc3c2CCC(C)C3)cc1. The van der Waals surface area contributed by atoms with E-state index in [1.165, 1.54) is 16.2 Å². The highest BCUT2D eigenvalue weighted by atomic mass is 32.1. The standard InChI is InChI=1S/C25H26N2O3S/c1-3-30-19-12-10-18(11-13-19)26-24(29)22-20-14-9-16(2)15-21(20)31-25(22)27-23(28)17-7-5-4-6-8-17/h4-8,10-13,16H,3,9,14-15H2,1-2H3,(H,26,29)(H,27,28). The molecule has 31 heavy (non-hydrogen) atoms. The van der Waals surface area contributed by atoms with Gasteiger partial charge in [-0.15, -0.1) is 11.3 Å². The Morgan fingerprint density at radius 2 is 1.77 bits per heavy atom. The summed E-state index contributed by atoms with van der Waals surface area (Å²) in [4.78, 5) is 27.3. The van der Waals surface area contributed by atoms with Crippen molar-refractivity contribution in [1.29, 1.82) is 0 Å². The lowest BCUT2D eigenvalue weighted by Gasteiger charge is -2.18. The van der Waals surface area contributed by atoms with Gasteiger partial charge in [0.25, 0.3) is 11.8 Å². The molecule has 6 heteroatoms. The number of fused-ring (bicyclic) bond motifs is 1. The summed E-state index contributed by atoms with van der Waals surface area (Å²) in [7, 11) is 0. The lowest BCUT2D eigenvalue weighted by Crippen LogP contribution is -2.19. The van der Waals surface area contributed by atoms with Crippen LogP contribution < -0.4 is 15.4 Å². The van der Waals surface area contributed by atoms with Crippen LogP contribution in [-0.4, -0.2) is 18.4 Å². The molecule has 1 aromatic heterocycles. The number of hydrogen-bond acceptors (Lipinski definition) is 4. The Morgan fingerprint density at radius 1 is 1.03 bits per heavy atom. The van der Waals surface area contributed by atoms with Gasteiger partial charge < -0.3 is 15.4 Å². The number of ether oxygens (including phenoxy) is 1. The second-order valence-corrected chi connectivity index (χ2v) is 8.89. The highest BCUT2D eigenvalue weighted by Gasteiger charge is 2.28. The van der Waals surface area contributed by atoms with Crippen molar-refractivity contribution in [3.8, 4) is 5.75 Å². The molecule has 0 saturated carbocycles. The van der Waals surface area contributed by atoms with Crippen molar-refractivity contribution in [2.45, 2.75) is 33.1 Å². The number of carbonyl (C=O) groups is 2. The minimum atomic E-state index is -0.206. The Labute approximate surface area is 186 Å². The number of nitrogens with one attached hydrogen (secondary N) is 2. The molecule has 2 aromatic carbocycles. The summed E-state index contributed by atoms with van der Waals surface area (Å²) in [6.07, 6.45) is 2.82. The van der Waals surface area contributed by atoms with Gasteiger partial charge in [-0.25, -0.2) is 0 Å². The Balaban J connectivity index is 1.61. The van der Waals surface area contributed by atoms with Crippen molar-refractivity contribution < 1.29 is 14.3 Å². The number of anilines is 2. The molecule has 0 spiro atoms. The molecule has 0 aliphatic heterocycles. The molecule has 160 valence electrons. The van der Waals surface area contributed by atoms with Gasteiger partial charge in [-0.2, -0.15) is 0 Å². The minimum absolute atomic E-state index is 0.195. The number of rotatable bonds is 6. The Kier molecular flexibility index (Phi) is 6.37. The number of hydrogen-bond donors (Lipinski definition) is 2. The van der Waals surface area contributed by atoms with E-state index in [9.17, 15) is 9.59 Å². The fourth-order valence-electron chi connectivity index (χ4n) is 3.84. The second kappa shape index (κ2) is 9.35. The first-order chi connectivity index (χ1) is 15.0. The maximum absolute atomic E-state index is 13.3. The zero-order chi connectivity index (χ0) is 21.8. The third-order valence-electron chi connectivity index (χ3n) is 5.42. The van der Waals surface area contributed by atoms with E-state index in [1.807, 2.05) is 49.4 Å². The van der Waals surface area contributed by atoms with E-state index in [1.54, 1.807) is 12.1 Å². The van der Waals surface area contributed by atoms with Crippen LogP contribution in [0.2, 0.25) is 0 Å². The highest BCUT2D eigenvalue weighted by molar-refractivity contribution is 7.17. The van der Waals surface area contributed by atoms with E-state index < -0.39 is 0 Å². The molecule has 0 bridgehead atoms. The molecular formula is C25H26N2O3S. The van der Waals surface area contributed by atoms with Gasteiger partial charge in [0.15, 0.2) is 0 Å². The zero-order valence-corrected chi connectivity index (χ0v) is 18.6. The molecule has 0 radical (unpaired) electrons. The summed E-state index contributed by atoms with van der Waals surface area (Å²) in [6.45, 7) is 4.75. The molecule has 0 fully saturated rings. The fraction of sp³-hybridized carbons (Fsp3) is 0.280. The quantitative estimate of drug-likeness (QED) is 0.517. The summed E-state index contributed by atoms with van der Waals surface area (Å²) in [5.74, 6) is 0.936. The lowest BCUT2D eigenvalue weighted by molar-refractivity contribution is 0.102.